The minimum absolute atomic E-state index is 0.165. The molecule has 2 aliphatic rings. The quantitative estimate of drug-likeness (QED) is 0.342. The van der Waals surface area contributed by atoms with Gasteiger partial charge in [0.15, 0.2) is 11.6 Å². The van der Waals surface area contributed by atoms with E-state index in [2.05, 4.69) is 49.2 Å². The van der Waals surface area contributed by atoms with E-state index in [9.17, 15) is 4.79 Å². The maximum atomic E-state index is 9.18. The van der Waals surface area contributed by atoms with Gasteiger partial charge in [0.1, 0.15) is 5.52 Å². The van der Waals surface area contributed by atoms with Crippen LogP contribution in [0.25, 0.3) is 5.52 Å². The van der Waals surface area contributed by atoms with E-state index in [0.717, 1.165) is 36.7 Å². The van der Waals surface area contributed by atoms with Gasteiger partial charge in [0.05, 0.1) is 12.0 Å². The Labute approximate surface area is 186 Å². The number of carbonyl (C=O) groups is 1. The molecule has 0 bridgehead atoms. The molecule has 1 aliphatic carbocycles. The third kappa shape index (κ3) is 5.67. The van der Waals surface area contributed by atoms with E-state index < -0.39 is 0 Å². The SMILES string of the molecule is C#C.CCOC=O.Cl[C@@H]1CCN(c2nc(Nc3cc(C4CC4)[nH]n3)c3cccn3n2)C1. The molecule has 0 aromatic carbocycles. The fourth-order valence-corrected chi connectivity index (χ4v) is 3.51. The molecule has 0 radical (unpaired) electrons. The highest BCUT2D eigenvalue weighted by molar-refractivity contribution is 6.21. The molecule has 4 heterocycles. The van der Waals surface area contributed by atoms with Crippen molar-refractivity contribution in [3.63, 3.8) is 0 Å². The standard InChI is InChI=1S/C16H18ClN7.C3H6O2.C2H2/c17-11-5-7-23(9-11)16-19-15(13-2-1-6-24(13)22-16)18-14-8-12(20-21-14)10-3-4-10;1-2-5-3-4;1-2/h1-2,6,8,10-11H,3-5,7,9H2,(H2,18,19,20,21,22);3H,2H2,1H3;1-2H/t11-;;/m1../s1. The van der Waals surface area contributed by atoms with Gasteiger partial charge < -0.3 is 15.0 Å². The van der Waals surface area contributed by atoms with Crippen LogP contribution in [0.3, 0.4) is 0 Å². The number of nitrogens with one attached hydrogen (secondary N) is 2. The fraction of sp³-hybridized carbons (Fsp3) is 0.429. The number of aromatic amines is 1. The van der Waals surface area contributed by atoms with E-state index in [-0.39, 0.29) is 5.38 Å². The molecule has 5 rings (SSSR count). The zero-order chi connectivity index (χ0) is 22.2. The smallest absolute Gasteiger partial charge is 0.293 e. The molecule has 1 aliphatic heterocycles. The monoisotopic (exact) mass is 443 g/mol. The highest BCUT2D eigenvalue weighted by atomic mass is 35.5. The van der Waals surface area contributed by atoms with Crippen molar-refractivity contribution in [1.82, 2.24) is 24.8 Å². The Morgan fingerprint density at radius 1 is 1.39 bits per heavy atom. The molecule has 2 fully saturated rings. The summed E-state index contributed by atoms with van der Waals surface area (Å²) in [5.74, 6) is 2.90. The van der Waals surface area contributed by atoms with Gasteiger partial charge in [-0.15, -0.1) is 29.5 Å². The summed E-state index contributed by atoms with van der Waals surface area (Å²) in [4.78, 5) is 16.0. The molecule has 164 valence electrons. The number of rotatable bonds is 6. The van der Waals surface area contributed by atoms with Gasteiger partial charge in [-0.05, 0) is 38.3 Å². The molecule has 1 saturated carbocycles. The first-order valence-electron chi connectivity index (χ1n) is 10.1. The van der Waals surface area contributed by atoms with Crippen LogP contribution < -0.4 is 10.2 Å². The van der Waals surface area contributed by atoms with Gasteiger partial charge in [-0.2, -0.15) is 10.1 Å². The zero-order valence-electron chi connectivity index (χ0n) is 17.4. The highest BCUT2D eigenvalue weighted by Gasteiger charge is 2.26. The van der Waals surface area contributed by atoms with E-state index in [1.807, 2.05) is 22.8 Å². The number of hydrogen-bond acceptors (Lipinski definition) is 7. The van der Waals surface area contributed by atoms with Crippen molar-refractivity contribution in [2.75, 3.05) is 29.9 Å². The van der Waals surface area contributed by atoms with Crippen LogP contribution in [0.1, 0.15) is 37.8 Å². The second kappa shape index (κ2) is 10.7. The van der Waals surface area contributed by atoms with E-state index in [4.69, 9.17) is 16.6 Å². The van der Waals surface area contributed by atoms with Crippen molar-refractivity contribution < 1.29 is 9.53 Å². The molecule has 2 N–H and O–H groups in total. The lowest BCUT2D eigenvalue weighted by atomic mass is 10.3. The van der Waals surface area contributed by atoms with Crippen LogP contribution in [0.2, 0.25) is 0 Å². The van der Waals surface area contributed by atoms with Gasteiger partial charge in [0.2, 0.25) is 5.95 Å². The largest absolute Gasteiger partial charge is 0.468 e. The molecule has 0 amide bonds. The maximum Gasteiger partial charge on any atom is 0.293 e. The van der Waals surface area contributed by atoms with Gasteiger partial charge in [-0.1, -0.05) is 0 Å². The Hall–Kier alpha value is -3.25. The summed E-state index contributed by atoms with van der Waals surface area (Å²) in [6, 6.07) is 6.03. The summed E-state index contributed by atoms with van der Waals surface area (Å²) >= 11 is 6.23. The van der Waals surface area contributed by atoms with Crippen LogP contribution in [0.4, 0.5) is 17.6 Å². The second-order valence-electron chi connectivity index (χ2n) is 7.09. The summed E-state index contributed by atoms with van der Waals surface area (Å²) < 4.78 is 6.00. The number of ether oxygens (including phenoxy) is 1. The minimum atomic E-state index is 0.165. The van der Waals surface area contributed by atoms with Crippen molar-refractivity contribution in [3.8, 4) is 12.8 Å². The van der Waals surface area contributed by atoms with Crippen LogP contribution in [0.15, 0.2) is 24.4 Å². The summed E-state index contributed by atoms with van der Waals surface area (Å²) in [7, 11) is 0. The molecule has 1 saturated heterocycles. The van der Waals surface area contributed by atoms with Gasteiger partial charge in [-0.25, -0.2) is 4.52 Å². The summed E-state index contributed by atoms with van der Waals surface area (Å²) in [5.41, 5.74) is 2.12. The number of halogens is 1. The summed E-state index contributed by atoms with van der Waals surface area (Å²) in [5, 5.41) is 15.6. The summed E-state index contributed by atoms with van der Waals surface area (Å²) in [6.45, 7) is 4.33. The second-order valence-corrected chi connectivity index (χ2v) is 7.71. The third-order valence-electron chi connectivity index (χ3n) is 4.89. The van der Waals surface area contributed by atoms with Crippen molar-refractivity contribution >= 4 is 41.2 Å². The lowest BCUT2D eigenvalue weighted by Gasteiger charge is -2.16. The average molecular weight is 444 g/mol. The van der Waals surface area contributed by atoms with Crippen molar-refractivity contribution in [2.24, 2.45) is 0 Å². The Balaban J connectivity index is 0.000000346. The van der Waals surface area contributed by atoms with E-state index in [1.165, 1.54) is 18.5 Å². The molecular formula is C21H26ClN7O2. The van der Waals surface area contributed by atoms with Gasteiger partial charge in [0, 0.05) is 37.0 Å². The average Bonchev–Trinajstić information content (AvgIpc) is 3.16. The number of H-pyrrole nitrogens is 1. The first-order chi connectivity index (χ1) is 15.2. The number of aromatic nitrogens is 5. The zero-order valence-corrected chi connectivity index (χ0v) is 18.1. The lowest BCUT2D eigenvalue weighted by molar-refractivity contribution is -0.128. The predicted octanol–water partition coefficient (Wildman–Crippen LogP) is 3.32. The number of nitrogens with zero attached hydrogens (tertiary/aromatic N) is 5. The lowest BCUT2D eigenvalue weighted by Crippen LogP contribution is -2.23. The number of terminal acetylenes is 1. The van der Waals surface area contributed by atoms with Crippen LogP contribution in [-0.4, -0.2) is 56.3 Å². The Morgan fingerprint density at radius 3 is 2.81 bits per heavy atom. The maximum absolute atomic E-state index is 9.18. The first kappa shape index (κ1) is 22.4. The summed E-state index contributed by atoms with van der Waals surface area (Å²) in [6.07, 6.45) is 13.4. The number of hydrogen-bond donors (Lipinski definition) is 2. The molecule has 3 aromatic rings. The van der Waals surface area contributed by atoms with Crippen molar-refractivity contribution in [3.05, 3.63) is 30.1 Å². The van der Waals surface area contributed by atoms with E-state index in [0.29, 0.717) is 24.9 Å². The Morgan fingerprint density at radius 2 is 2.19 bits per heavy atom. The molecule has 0 unspecified atom stereocenters. The molecule has 9 nitrogen and oxygen atoms in total. The van der Waals surface area contributed by atoms with Gasteiger partial charge in [0.25, 0.3) is 6.47 Å². The van der Waals surface area contributed by atoms with Crippen molar-refractivity contribution in [1.29, 1.82) is 0 Å². The predicted molar refractivity (Wildman–Crippen MR) is 121 cm³/mol. The highest BCUT2D eigenvalue weighted by Crippen LogP contribution is 2.39. The Kier molecular flexibility index (Phi) is 7.73. The molecule has 31 heavy (non-hydrogen) atoms. The Bertz CT molecular complexity index is 1010. The van der Waals surface area contributed by atoms with Crippen LogP contribution in [-0.2, 0) is 9.53 Å². The number of fused-ring (bicyclic) bond motifs is 1. The fourth-order valence-electron chi connectivity index (χ4n) is 3.24. The topological polar surface area (TPSA) is 100 Å². The molecule has 10 heteroatoms. The molecule has 0 spiro atoms. The van der Waals surface area contributed by atoms with Gasteiger partial charge in [-0.3, -0.25) is 9.89 Å². The van der Waals surface area contributed by atoms with Crippen LogP contribution in [0.5, 0.6) is 0 Å². The molecular weight excluding hydrogens is 418 g/mol. The van der Waals surface area contributed by atoms with Crippen molar-refractivity contribution in [2.45, 2.75) is 37.5 Å². The van der Waals surface area contributed by atoms with Crippen LogP contribution in [0, 0.1) is 12.8 Å². The van der Waals surface area contributed by atoms with Gasteiger partial charge >= 0.3 is 0 Å². The number of anilines is 3. The van der Waals surface area contributed by atoms with E-state index in [1.54, 1.807) is 6.92 Å². The van der Waals surface area contributed by atoms with Crippen LogP contribution >= 0.6 is 11.6 Å². The number of carbonyl (C=O) groups excluding carboxylic acids is 1. The molecule has 1 atom stereocenters. The third-order valence-corrected chi connectivity index (χ3v) is 5.25. The normalized spacial score (nSPS) is 17.3. The minimum Gasteiger partial charge on any atom is -0.468 e. The van der Waals surface area contributed by atoms with E-state index >= 15 is 0 Å². The number of alkyl halides is 1. The first-order valence-corrected chi connectivity index (χ1v) is 10.6. The molecule has 3 aromatic heterocycles.